The number of esters is 1. The summed E-state index contributed by atoms with van der Waals surface area (Å²) >= 11 is 0. The number of hydrogen-bond donors (Lipinski definition) is 0. The van der Waals surface area contributed by atoms with E-state index < -0.39 is 5.97 Å². The molecule has 23 heavy (non-hydrogen) atoms. The van der Waals surface area contributed by atoms with Gasteiger partial charge in [-0.15, -0.1) is 0 Å². The third kappa shape index (κ3) is 3.41. The number of pyridine rings is 1. The van der Waals surface area contributed by atoms with E-state index in [0.717, 1.165) is 5.56 Å². The molecule has 0 saturated heterocycles. The molecular formula is C17H12N4O2. The number of carbonyl (C=O) groups excluding carboxylic acids is 1. The monoisotopic (exact) mass is 304 g/mol. The van der Waals surface area contributed by atoms with Crippen molar-refractivity contribution >= 4 is 5.97 Å². The predicted molar refractivity (Wildman–Crippen MR) is 81.6 cm³/mol. The van der Waals surface area contributed by atoms with Crippen LogP contribution in [-0.2, 0) is 11.3 Å². The van der Waals surface area contributed by atoms with Gasteiger partial charge in [-0.25, -0.2) is 9.48 Å². The van der Waals surface area contributed by atoms with Crippen LogP contribution in [-0.4, -0.2) is 20.7 Å². The van der Waals surface area contributed by atoms with Gasteiger partial charge in [0.2, 0.25) is 0 Å². The van der Waals surface area contributed by atoms with Crippen LogP contribution < -0.4 is 0 Å². The van der Waals surface area contributed by atoms with Crippen LogP contribution in [0.5, 0.6) is 0 Å². The maximum absolute atomic E-state index is 12.0. The molecule has 0 bridgehead atoms. The van der Waals surface area contributed by atoms with E-state index in [4.69, 9.17) is 10.00 Å². The van der Waals surface area contributed by atoms with Crippen molar-refractivity contribution in [3.63, 3.8) is 0 Å². The third-order valence-corrected chi connectivity index (χ3v) is 3.13. The summed E-state index contributed by atoms with van der Waals surface area (Å²) in [6.07, 6.45) is 4.94. The lowest BCUT2D eigenvalue weighted by Crippen LogP contribution is -2.07. The molecule has 0 spiro atoms. The van der Waals surface area contributed by atoms with Crippen molar-refractivity contribution in [3.8, 4) is 11.8 Å². The lowest BCUT2D eigenvalue weighted by atomic mass is 10.2. The quantitative estimate of drug-likeness (QED) is 0.692. The zero-order valence-electron chi connectivity index (χ0n) is 12.1. The molecule has 3 aromatic rings. The van der Waals surface area contributed by atoms with E-state index in [1.54, 1.807) is 55.0 Å². The smallest absolute Gasteiger partial charge is 0.359 e. The normalized spacial score (nSPS) is 10.0. The highest BCUT2D eigenvalue weighted by atomic mass is 16.5. The zero-order valence-corrected chi connectivity index (χ0v) is 12.1. The molecule has 0 aliphatic carbocycles. The van der Waals surface area contributed by atoms with E-state index in [1.165, 1.54) is 4.68 Å². The van der Waals surface area contributed by atoms with Gasteiger partial charge < -0.3 is 4.74 Å². The fraction of sp³-hybridized carbons (Fsp3) is 0.0588. The molecule has 0 aliphatic rings. The average Bonchev–Trinajstić information content (AvgIpc) is 3.11. The largest absolute Gasteiger partial charge is 0.456 e. The van der Waals surface area contributed by atoms with E-state index in [9.17, 15) is 4.79 Å². The molecule has 2 heterocycles. The molecule has 0 amide bonds. The number of benzene rings is 1. The average molecular weight is 304 g/mol. The number of nitriles is 1. The Labute approximate surface area is 132 Å². The Hall–Kier alpha value is -3.46. The number of hydrogen-bond acceptors (Lipinski definition) is 5. The summed E-state index contributed by atoms with van der Waals surface area (Å²) in [4.78, 5) is 16.0. The van der Waals surface area contributed by atoms with Crippen molar-refractivity contribution in [2.75, 3.05) is 0 Å². The molecule has 0 atom stereocenters. The second-order valence-electron chi connectivity index (χ2n) is 4.75. The second-order valence-corrected chi connectivity index (χ2v) is 4.75. The highest BCUT2D eigenvalue weighted by Crippen LogP contribution is 2.11. The van der Waals surface area contributed by atoms with E-state index in [-0.39, 0.29) is 12.3 Å². The summed E-state index contributed by atoms with van der Waals surface area (Å²) < 4.78 is 6.73. The first-order valence-corrected chi connectivity index (χ1v) is 6.88. The standard InChI is InChI=1S/C17H12N4O2/c18-10-13-3-1-5-15(9-13)21-8-6-16(20-21)17(22)23-12-14-4-2-7-19-11-14/h1-9,11H,12H2. The molecule has 0 aliphatic heterocycles. The predicted octanol–water partition coefficient (Wildman–Crippen LogP) is 2.50. The molecule has 0 fully saturated rings. The summed E-state index contributed by atoms with van der Waals surface area (Å²) in [7, 11) is 0. The molecule has 6 heteroatoms. The molecule has 0 saturated carbocycles. The van der Waals surface area contributed by atoms with Crippen molar-refractivity contribution in [2.45, 2.75) is 6.61 Å². The van der Waals surface area contributed by atoms with Crippen LogP contribution in [0.1, 0.15) is 21.6 Å². The number of carbonyl (C=O) groups is 1. The van der Waals surface area contributed by atoms with Crippen LogP contribution in [0.4, 0.5) is 0 Å². The van der Waals surface area contributed by atoms with Gasteiger partial charge >= 0.3 is 5.97 Å². The van der Waals surface area contributed by atoms with Gasteiger partial charge in [0.05, 0.1) is 17.3 Å². The first kappa shape index (κ1) is 14.5. The van der Waals surface area contributed by atoms with Crippen LogP contribution in [0.2, 0.25) is 0 Å². The van der Waals surface area contributed by atoms with Crippen LogP contribution in [0.3, 0.4) is 0 Å². The molecule has 0 N–H and O–H groups in total. The number of aromatic nitrogens is 3. The summed E-state index contributed by atoms with van der Waals surface area (Å²) in [5.74, 6) is -0.510. The Balaban J connectivity index is 1.71. The van der Waals surface area contributed by atoms with Gasteiger partial charge in [0, 0.05) is 24.2 Å². The Morgan fingerprint density at radius 3 is 2.96 bits per heavy atom. The van der Waals surface area contributed by atoms with Gasteiger partial charge in [-0.2, -0.15) is 10.4 Å². The van der Waals surface area contributed by atoms with Gasteiger partial charge in [0.1, 0.15) is 6.61 Å². The Kier molecular flexibility index (Phi) is 4.11. The maximum Gasteiger partial charge on any atom is 0.359 e. The van der Waals surface area contributed by atoms with E-state index in [2.05, 4.69) is 16.2 Å². The summed E-state index contributed by atoms with van der Waals surface area (Å²) in [5.41, 5.74) is 2.24. The first-order chi connectivity index (χ1) is 11.3. The van der Waals surface area contributed by atoms with Gasteiger partial charge in [-0.1, -0.05) is 12.1 Å². The highest BCUT2D eigenvalue weighted by Gasteiger charge is 2.12. The topological polar surface area (TPSA) is 80.8 Å². The van der Waals surface area contributed by atoms with Crippen molar-refractivity contribution in [2.24, 2.45) is 0 Å². The molecule has 1 aromatic carbocycles. The van der Waals surface area contributed by atoms with Crippen molar-refractivity contribution in [1.29, 1.82) is 5.26 Å². The van der Waals surface area contributed by atoms with Gasteiger partial charge in [-0.05, 0) is 30.3 Å². The molecule has 112 valence electrons. The van der Waals surface area contributed by atoms with E-state index in [1.807, 2.05) is 6.07 Å². The van der Waals surface area contributed by atoms with Gasteiger partial charge in [0.15, 0.2) is 5.69 Å². The minimum atomic E-state index is -0.510. The van der Waals surface area contributed by atoms with Gasteiger partial charge in [-0.3, -0.25) is 4.98 Å². The van der Waals surface area contributed by atoms with Crippen LogP contribution in [0.15, 0.2) is 61.1 Å². The Morgan fingerprint density at radius 2 is 2.17 bits per heavy atom. The SMILES string of the molecule is N#Cc1cccc(-n2ccc(C(=O)OCc3cccnc3)n2)c1. The fourth-order valence-corrected chi connectivity index (χ4v) is 2.00. The summed E-state index contributed by atoms with van der Waals surface area (Å²) in [5, 5.41) is 13.1. The molecule has 2 aromatic heterocycles. The minimum Gasteiger partial charge on any atom is -0.456 e. The van der Waals surface area contributed by atoms with E-state index in [0.29, 0.717) is 11.3 Å². The maximum atomic E-state index is 12.0. The molecule has 0 radical (unpaired) electrons. The zero-order chi connectivity index (χ0) is 16.1. The van der Waals surface area contributed by atoms with Crippen LogP contribution in [0.25, 0.3) is 5.69 Å². The fourth-order valence-electron chi connectivity index (χ4n) is 2.00. The Morgan fingerprint density at radius 1 is 1.26 bits per heavy atom. The third-order valence-electron chi connectivity index (χ3n) is 3.13. The lowest BCUT2D eigenvalue weighted by Gasteiger charge is -2.03. The van der Waals surface area contributed by atoms with Gasteiger partial charge in [0.25, 0.3) is 0 Å². The number of rotatable bonds is 4. The van der Waals surface area contributed by atoms with E-state index >= 15 is 0 Å². The first-order valence-electron chi connectivity index (χ1n) is 6.88. The molecule has 3 rings (SSSR count). The number of nitrogens with zero attached hydrogens (tertiary/aromatic N) is 4. The lowest BCUT2D eigenvalue weighted by molar-refractivity contribution is 0.0465. The van der Waals surface area contributed by atoms with Crippen molar-refractivity contribution < 1.29 is 9.53 Å². The summed E-state index contributed by atoms with van der Waals surface area (Å²) in [6.45, 7) is 0.142. The highest BCUT2D eigenvalue weighted by molar-refractivity contribution is 5.87. The van der Waals surface area contributed by atoms with Crippen LogP contribution in [0, 0.1) is 11.3 Å². The molecule has 6 nitrogen and oxygen atoms in total. The second kappa shape index (κ2) is 6.54. The molecule has 0 unspecified atom stereocenters. The van der Waals surface area contributed by atoms with Crippen LogP contribution >= 0.6 is 0 Å². The minimum absolute atomic E-state index is 0.142. The number of ether oxygens (including phenoxy) is 1. The van der Waals surface area contributed by atoms with Crippen molar-refractivity contribution in [1.82, 2.24) is 14.8 Å². The Bertz CT molecular complexity index is 866. The summed E-state index contributed by atoms with van der Waals surface area (Å²) in [6, 6.07) is 14.2. The molecular weight excluding hydrogens is 292 g/mol. The van der Waals surface area contributed by atoms with Crippen molar-refractivity contribution in [3.05, 3.63) is 77.9 Å².